The summed E-state index contributed by atoms with van der Waals surface area (Å²) in [5, 5.41) is 0. The molecular formula is C31H24F7N3O3S. The second-order valence-electron chi connectivity index (χ2n) is 10.4. The third-order valence-electron chi connectivity index (χ3n) is 7.38. The Morgan fingerprint density at radius 1 is 0.867 bits per heavy atom. The molecule has 1 saturated heterocycles. The van der Waals surface area contributed by atoms with Gasteiger partial charge in [-0.2, -0.15) is 30.6 Å². The van der Waals surface area contributed by atoms with Gasteiger partial charge in [0.25, 0.3) is 0 Å². The van der Waals surface area contributed by atoms with E-state index in [0.29, 0.717) is 6.42 Å². The summed E-state index contributed by atoms with van der Waals surface area (Å²) < 4.78 is 122. The van der Waals surface area contributed by atoms with Crippen molar-refractivity contribution < 1.29 is 43.9 Å². The fourth-order valence-corrected chi connectivity index (χ4v) is 6.84. The topological polar surface area (TPSA) is 80.2 Å². The molecule has 236 valence electrons. The summed E-state index contributed by atoms with van der Waals surface area (Å²) >= 11 is 0. The fourth-order valence-electron chi connectivity index (χ4n) is 5.16. The lowest BCUT2D eigenvalue weighted by molar-refractivity contribution is -0.138. The number of aromatic nitrogens is 2. The molecule has 1 aliphatic heterocycles. The highest BCUT2D eigenvalue weighted by molar-refractivity contribution is 7.89. The second-order valence-corrected chi connectivity index (χ2v) is 12.3. The number of Topliss-reactive ketones (excluding diaryl/α,β-unsaturated/α-hetero) is 1. The van der Waals surface area contributed by atoms with Crippen LogP contribution in [0.3, 0.4) is 0 Å². The Morgan fingerprint density at radius 3 is 2.18 bits per heavy atom. The molecule has 14 heteroatoms. The minimum Gasteiger partial charge on any atom is -0.298 e. The van der Waals surface area contributed by atoms with Crippen molar-refractivity contribution in [1.29, 1.82) is 0 Å². The van der Waals surface area contributed by atoms with Crippen molar-refractivity contribution in [3.63, 3.8) is 0 Å². The molecule has 0 unspecified atom stereocenters. The lowest BCUT2D eigenvalue weighted by Crippen LogP contribution is -2.40. The molecule has 6 nitrogen and oxygen atoms in total. The molecule has 5 rings (SSSR count). The van der Waals surface area contributed by atoms with Gasteiger partial charge < -0.3 is 0 Å². The van der Waals surface area contributed by atoms with Gasteiger partial charge in [0.1, 0.15) is 5.82 Å². The zero-order valence-electron chi connectivity index (χ0n) is 23.2. The first-order chi connectivity index (χ1) is 21.1. The monoisotopic (exact) mass is 651 g/mol. The molecule has 0 aliphatic carbocycles. The van der Waals surface area contributed by atoms with Gasteiger partial charge in [-0.15, -0.1) is 0 Å². The second kappa shape index (κ2) is 12.3. The van der Waals surface area contributed by atoms with E-state index >= 15 is 0 Å². The van der Waals surface area contributed by atoms with Crippen molar-refractivity contribution in [2.45, 2.75) is 49.0 Å². The number of nitrogens with zero attached hydrogens (tertiary/aromatic N) is 3. The maximum Gasteiger partial charge on any atom is 0.417 e. The summed E-state index contributed by atoms with van der Waals surface area (Å²) in [6.07, 6.45) is -9.07. The van der Waals surface area contributed by atoms with E-state index in [9.17, 15) is 43.9 Å². The summed E-state index contributed by atoms with van der Waals surface area (Å²) in [5.74, 6) is -1.42. The third kappa shape index (κ3) is 7.06. The highest BCUT2D eigenvalue weighted by atomic mass is 32.2. The molecule has 0 bridgehead atoms. The molecule has 4 aromatic rings. The van der Waals surface area contributed by atoms with Crippen LogP contribution in [0.5, 0.6) is 0 Å². The van der Waals surface area contributed by atoms with Crippen molar-refractivity contribution in [3.8, 4) is 22.6 Å². The maximum absolute atomic E-state index is 13.8. The molecule has 0 spiro atoms. The van der Waals surface area contributed by atoms with Crippen LogP contribution < -0.4 is 0 Å². The van der Waals surface area contributed by atoms with Gasteiger partial charge in [-0.1, -0.05) is 30.3 Å². The largest absolute Gasteiger partial charge is 0.417 e. The van der Waals surface area contributed by atoms with Crippen molar-refractivity contribution in [2.75, 3.05) is 6.54 Å². The van der Waals surface area contributed by atoms with Gasteiger partial charge in [0.05, 0.1) is 27.8 Å². The van der Waals surface area contributed by atoms with E-state index < -0.39 is 51.1 Å². The molecule has 1 aromatic heterocycles. The van der Waals surface area contributed by atoms with Crippen LogP contribution in [-0.4, -0.2) is 41.1 Å². The van der Waals surface area contributed by atoms with Gasteiger partial charge in [-0.05, 0) is 67.8 Å². The normalized spacial score (nSPS) is 16.2. The molecule has 45 heavy (non-hydrogen) atoms. The van der Waals surface area contributed by atoms with Gasteiger partial charge in [0, 0.05) is 29.8 Å². The number of halogens is 7. The highest BCUT2D eigenvalue weighted by Gasteiger charge is 2.39. The Morgan fingerprint density at radius 2 is 1.53 bits per heavy atom. The van der Waals surface area contributed by atoms with Crippen LogP contribution in [0.25, 0.3) is 22.6 Å². The summed E-state index contributed by atoms with van der Waals surface area (Å²) in [6.45, 7) is 0.0695. The van der Waals surface area contributed by atoms with Crippen LogP contribution in [-0.2, 0) is 33.6 Å². The van der Waals surface area contributed by atoms with Crippen LogP contribution in [0.15, 0.2) is 83.8 Å². The van der Waals surface area contributed by atoms with Crippen LogP contribution in [0.2, 0.25) is 0 Å². The fraction of sp³-hybridized carbons (Fsp3) is 0.258. The number of rotatable bonds is 8. The highest BCUT2D eigenvalue weighted by Crippen LogP contribution is 2.37. The Labute approximate surface area is 253 Å². The molecule has 1 fully saturated rings. The smallest absolute Gasteiger partial charge is 0.298 e. The number of sulfonamides is 1. The molecule has 0 saturated carbocycles. The van der Waals surface area contributed by atoms with Gasteiger partial charge in [0.2, 0.25) is 10.0 Å². The molecule has 1 atom stereocenters. The van der Waals surface area contributed by atoms with Crippen molar-refractivity contribution in [2.24, 2.45) is 0 Å². The molecule has 3 aromatic carbocycles. The Balaban J connectivity index is 1.46. The lowest BCUT2D eigenvalue weighted by atomic mass is 10.0. The van der Waals surface area contributed by atoms with E-state index in [2.05, 4.69) is 9.97 Å². The van der Waals surface area contributed by atoms with E-state index in [-0.39, 0.29) is 59.0 Å². The zero-order valence-corrected chi connectivity index (χ0v) is 24.1. The van der Waals surface area contributed by atoms with Crippen LogP contribution >= 0.6 is 0 Å². The lowest BCUT2D eigenvalue weighted by Gasteiger charge is -2.23. The average molecular weight is 652 g/mol. The van der Waals surface area contributed by atoms with E-state index in [4.69, 9.17) is 0 Å². The van der Waals surface area contributed by atoms with Gasteiger partial charge >= 0.3 is 12.4 Å². The first kappa shape index (κ1) is 32.2. The van der Waals surface area contributed by atoms with E-state index in [1.54, 1.807) is 0 Å². The first-order valence-electron chi connectivity index (χ1n) is 13.7. The van der Waals surface area contributed by atoms with Crippen LogP contribution in [0, 0.1) is 5.82 Å². The predicted molar refractivity (Wildman–Crippen MR) is 150 cm³/mol. The quantitative estimate of drug-likeness (QED) is 0.186. The standard InChI is InChI=1S/C31H24F7N3O3S/c32-21-11-14-23(15-12-21)45(43,44)41-17-3-6-27(41)28(42)16-13-22-18-26(19-7-9-20(10-8-19)30(33,34)35)40-29(39-22)24-4-1-2-5-25(24)31(36,37)38/h1-2,4-5,7-12,14-15,18,27H,3,6,13,16-17H2/t27-/m0/s1. The number of alkyl halides is 6. The van der Waals surface area contributed by atoms with Crippen LogP contribution in [0.4, 0.5) is 30.7 Å². The number of ketones is 1. The number of carbonyl (C=O) groups is 1. The number of hydrogen-bond acceptors (Lipinski definition) is 5. The maximum atomic E-state index is 13.8. The molecule has 0 N–H and O–H groups in total. The minimum atomic E-state index is -4.76. The zero-order chi connectivity index (χ0) is 32.6. The van der Waals surface area contributed by atoms with E-state index in [1.807, 2.05) is 0 Å². The van der Waals surface area contributed by atoms with Crippen molar-refractivity contribution in [1.82, 2.24) is 14.3 Å². The molecule has 2 heterocycles. The van der Waals surface area contributed by atoms with Gasteiger partial charge in [-0.25, -0.2) is 22.8 Å². The Bertz CT molecular complexity index is 1810. The summed E-state index contributed by atoms with van der Waals surface area (Å²) in [7, 11) is -4.12. The number of carbonyl (C=O) groups excluding carboxylic acids is 1. The number of hydrogen-bond donors (Lipinski definition) is 0. The number of benzene rings is 3. The van der Waals surface area contributed by atoms with E-state index in [1.165, 1.54) is 24.3 Å². The number of aryl methyl sites for hydroxylation is 1. The molecule has 1 aliphatic rings. The van der Waals surface area contributed by atoms with Crippen molar-refractivity contribution in [3.05, 3.63) is 102 Å². The summed E-state index contributed by atoms with van der Waals surface area (Å²) in [6, 6.07) is 13.0. The molecular weight excluding hydrogens is 627 g/mol. The SMILES string of the molecule is O=C(CCc1cc(-c2ccc(C(F)(F)F)cc2)nc(-c2ccccc2C(F)(F)F)n1)[C@@H]1CCCN1S(=O)(=O)c1ccc(F)cc1. The van der Waals surface area contributed by atoms with Crippen molar-refractivity contribution >= 4 is 15.8 Å². The van der Waals surface area contributed by atoms with Gasteiger partial charge in [0.15, 0.2) is 11.6 Å². The Hall–Kier alpha value is -4.17. The Kier molecular flexibility index (Phi) is 8.82. The first-order valence-corrected chi connectivity index (χ1v) is 15.1. The third-order valence-corrected chi connectivity index (χ3v) is 9.31. The summed E-state index contributed by atoms with van der Waals surface area (Å²) in [5.41, 5.74) is -1.97. The predicted octanol–water partition coefficient (Wildman–Crippen LogP) is 7.34. The van der Waals surface area contributed by atoms with E-state index in [0.717, 1.165) is 58.9 Å². The molecule has 0 amide bonds. The molecule has 0 radical (unpaired) electrons. The van der Waals surface area contributed by atoms with Crippen LogP contribution in [0.1, 0.15) is 36.1 Å². The summed E-state index contributed by atoms with van der Waals surface area (Å²) in [4.78, 5) is 21.7. The van der Waals surface area contributed by atoms with Gasteiger partial charge in [-0.3, -0.25) is 4.79 Å². The minimum absolute atomic E-state index is 0.0366. The average Bonchev–Trinajstić information content (AvgIpc) is 3.51.